The number of aryl methyl sites for hydroxylation is 1. The van der Waals surface area contributed by atoms with Gasteiger partial charge in [-0.3, -0.25) is 4.79 Å². The summed E-state index contributed by atoms with van der Waals surface area (Å²) >= 11 is 0. The average Bonchev–Trinajstić information content (AvgIpc) is 2.28. The lowest BCUT2D eigenvalue weighted by Gasteiger charge is -2.15. The summed E-state index contributed by atoms with van der Waals surface area (Å²) in [6.45, 7) is 3.40. The molecule has 0 aromatic heterocycles. The number of rotatable bonds is 5. The van der Waals surface area contributed by atoms with Crippen LogP contribution in [0.3, 0.4) is 0 Å². The van der Waals surface area contributed by atoms with Crippen molar-refractivity contribution in [1.82, 2.24) is 0 Å². The van der Waals surface area contributed by atoms with Gasteiger partial charge in [0.2, 0.25) is 0 Å². The van der Waals surface area contributed by atoms with E-state index in [1.165, 1.54) is 13.0 Å². The molecule has 2 nitrogen and oxygen atoms in total. The highest BCUT2D eigenvalue weighted by molar-refractivity contribution is 5.76. The maximum atomic E-state index is 13.8. The van der Waals surface area contributed by atoms with E-state index in [1.807, 2.05) is 6.92 Å². The molecule has 0 aliphatic heterocycles. The van der Waals surface area contributed by atoms with Crippen molar-refractivity contribution in [2.45, 2.75) is 39.0 Å². The normalized spacial score (nSPS) is 12.5. The zero-order chi connectivity index (χ0) is 13.0. The Morgan fingerprint density at radius 1 is 1.41 bits per heavy atom. The molecule has 0 heterocycles. The summed E-state index contributed by atoms with van der Waals surface area (Å²) in [6, 6.07) is 2.43. The molecule has 1 aromatic carbocycles. The summed E-state index contributed by atoms with van der Waals surface area (Å²) in [5.41, 5.74) is -0.0462. The third-order valence-electron chi connectivity index (χ3n) is 2.81. The molecule has 4 heteroatoms. The van der Waals surface area contributed by atoms with Gasteiger partial charge in [0.1, 0.15) is 11.6 Å². The van der Waals surface area contributed by atoms with Crippen molar-refractivity contribution in [2.75, 3.05) is 0 Å². The molecule has 0 aliphatic carbocycles. The van der Waals surface area contributed by atoms with E-state index in [9.17, 15) is 13.6 Å². The predicted octanol–water partition coefficient (Wildman–Crippen LogP) is 3.63. The molecule has 0 bridgehead atoms. The Kier molecular flexibility index (Phi) is 4.61. The standard InChI is InChI=1S/C13H16F2O2/c1-3-4-5-9(13(16)17)11-10(14)7-6-8(2)12(11)15/h6-7,9H,3-5H2,1-2H3,(H,16,17). The number of carboxylic acids is 1. The van der Waals surface area contributed by atoms with Crippen molar-refractivity contribution in [3.63, 3.8) is 0 Å². The summed E-state index contributed by atoms with van der Waals surface area (Å²) in [7, 11) is 0. The van der Waals surface area contributed by atoms with Crippen LogP contribution < -0.4 is 0 Å². The monoisotopic (exact) mass is 242 g/mol. The maximum absolute atomic E-state index is 13.8. The first kappa shape index (κ1) is 13.6. The number of halogens is 2. The largest absolute Gasteiger partial charge is 0.481 e. The van der Waals surface area contributed by atoms with Gasteiger partial charge >= 0.3 is 5.97 Å². The highest BCUT2D eigenvalue weighted by Crippen LogP contribution is 2.29. The molecule has 1 rings (SSSR count). The molecule has 0 saturated carbocycles. The lowest BCUT2D eigenvalue weighted by Crippen LogP contribution is -2.15. The third kappa shape index (κ3) is 3.02. The lowest BCUT2D eigenvalue weighted by atomic mass is 9.91. The van der Waals surface area contributed by atoms with Crippen molar-refractivity contribution >= 4 is 5.97 Å². The van der Waals surface area contributed by atoms with Crippen molar-refractivity contribution in [2.24, 2.45) is 0 Å². The summed E-state index contributed by atoms with van der Waals surface area (Å²) in [6.07, 6.45) is 1.67. The van der Waals surface area contributed by atoms with Crippen LogP contribution in [-0.2, 0) is 4.79 Å². The zero-order valence-electron chi connectivity index (χ0n) is 9.96. The van der Waals surface area contributed by atoms with Crippen LogP contribution in [0.1, 0.15) is 43.2 Å². The molecule has 0 spiro atoms. The molecule has 94 valence electrons. The van der Waals surface area contributed by atoms with E-state index in [4.69, 9.17) is 5.11 Å². The van der Waals surface area contributed by atoms with Crippen LogP contribution in [0, 0.1) is 18.6 Å². The van der Waals surface area contributed by atoms with Crippen LogP contribution in [0.15, 0.2) is 12.1 Å². The van der Waals surface area contributed by atoms with Gasteiger partial charge in [-0.25, -0.2) is 8.78 Å². The highest BCUT2D eigenvalue weighted by Gasteiger charge is 2.26. The molecular weight excluding hydrogens is 226 g/mol. The second-order valence-electron chi connectivity index (χ2n) is 4.12. The predicted molar refractivity (Wildman–Crippen MR) is 61.0 cm³/mol. The molecule has 0 saturated heterocycles. The third-order valence-corrected chi connectivity index (χ3v) is 2.81. The number of unbranched alkanes of at least 4 members (excludes halogenated alkanes) is 1. The molecular formula is C13H16F2O2. The van der Waals surface area contributed by atoms with Crippen LogP contribution in [0.25, 0.3) is 0 Å². The molecule has 1 unspecified atom stereocenters. The number of carbonyl (C=O) groups is 1. The van der Waals surface area contributed by atoms with E-state index in [1.54, 1.807) is 0 Å². The summed E-state index contributed by atoms with van der Waals surface area (Å²) < 4.78 is 27.4. The first-order valence-electron chi connectivity index (χ1n) is 5.66. The second kappa shape index (κ2) is 5.75. The Bertz CT molecular complexity index is 416. The molecule has 0 amide bonds. The van der Waals surface area contributed by atoms with Crippen molar-refractivity contribution in [1.29, 1.82) is 0 Å². The van der Waals surface area contributed by atoms with E-state index in [2.05, 4.69) is 0 Å². The quantitative estimate of drug-likeness (QED) is 0.856. The van der Waals surface area contributed by atoms with Crippen molar-refractivity contribution in [3.8, 4) is 0 Å². The fraction of sp³-hybridized carbons (Fsp3) is 0.462. The van der Waals surface area contributed by atoms with Gasteiger partial charge in [0.05, 0.1) is 5.92 Å². The first-order chi connectivity index (χ1) is 7.99. The van der Waals surface area contributed by atoms with Gasteiger partial charge in [0.25, 0.3) is 0 Å². The van der Waals surface area contributed by atoms with Gasteiger partial charge in [0, 0.05) is 5.56 Å². The molecule has 0 fully saturated rings. The van der Waals surface area contributed by atoms with Crippen LogP contribution in [0.4, 0.5) is 8.78 Å². The van der Waals surface area contributed by atoms with Crippen molar-refractivity contribution < 1.29 is 18.7 Å². The van der Waals surface area contributed by atoms with Crippen LogP contribution >= 0.6 is 0 Å². The molecule has 0 aliphatic rings. The van der Waals surface area contributed by atoms with E-state index in [-0.39, 0.29) is 17.5 Å². The SMILES string of the molecule is CCCCC(C(=O)O)c1c(F)ccc(C)c1F. The van der Waals surface area contributed by atoms with Crippen LogP contribution in [0.2, 0.25) is 0 Å². The molecule has 17 heavy (non-hydrogen) atoms. The summed E-state index contributed by atoms with van der Waals surface area (Å²) in [5.74, 6) is -3.80. The lowest BCUT2D eigenvalue weighted by molar-refractivity contribution is -0.139. The number of aliphatic carboxylic acids is 1. The topological polar surface area (TPSA) is 37.3 Å². The van der Waals surface area contributed by atoms with Gasteiger partial charge in [0.15, 0.2) is 0 Å². The Morgan fingerprint density at radius 3 is 2.59 bits per heavy atom. The number of hydrogen-bond donors (Lipinski definition) is 1. The van der Waals surface area contributed by atoms with Gasteiger partial charge in [-0.1, -0.05) is 25.8 Å². The van der Waals surface area contributed by atoms with Crippen LogP contribution in [-0.4, -0.2) is 11.1 Å². The zero-order valence-corrected chi connectivity index (χ0v) is 9.96. The Balaban J connectivity index is 3.17. The first-order valence-corrected chi connectivity index (χ1v) is 5.66. The average molecular weight is 242 g/mol. The van der Waals surface area contributed by atoms with Gasteiger partial charge in [-0.2, -0.15) is 0 Å². The second-order valence-corrected chi connectivity index (χ2v) is 4.12. The van der Waals surface area contributed by atoms with Crippen LogP contribution in [0.5, 0.6) is 0 Å². The van der Waals surface area contributed by atoms with Crippen molar-refractivity contribution in [3.05, 3.63) is 34.9 Å². The highest BCUT2D eigenvalue weighted by atomic mass is 19.1. The maximum Gasteiger partial charge on any atom is 0.311 e. The van der Waals surface area contributed by atoms with E-state index >= 15 is 0 Å². The van der Waals surface area contributed by atoms with E-state index < -0.39 is 23.5 Å². The minimum absolute atomic E-state index is 0.253. The van der Waals surface area contributed by atoms with Gasteiger partial charge in [-0.05, 0) is 25.0 Å². The van der Waals surface area contributed by atoms with Gasteiger partial charge in [-0.15, -0.1) is 0 Å². The fourth-order valence-corrected chi connectivity index (χ4v) is 1.80. The van der Waals surface area contributed by atoms with E-state index in [0.29, 0.717) is 6.42 Å². The Labute approximate surface area is 99.3 Å². The van der Waals surface area contributed by atoms with E-state index in [0.717, 1.165) is 12.5 Å². The molecule has 1 aromatic rings. The molecule has 0 radical (unpaired) electrons. The molecule has 1 N–H and O–H groups in total. The number of carboxylic acid groups (broad SMARTS) is 1. The molecule has 1 atom stereocenters. The minimum Gasteiger partial charge on any atom is -0.481 e. The Hall–Kier alpha value is -1.45. The summed E-state index contributed by atoms with van der Waals surface area (Å²) in [4.78, 5) is 11.1. The summed E-state index contributed by atoms with van der Waals surface area (Å²) in [5, 5.41) is 9.06. The smallest absolute Gasteiger partial charge is 0.311 e. The number of benzene rings is 1. The van der Waals surface area contributed by atoms with Gasteiger partial charge < -0.3 is 5.11 Å². The Morgan fingerprint density at radius 2 is 2.06 bits per heavy atom. The number of hydrogen-bond acceptors (Lipinski definition) is 1. The minimum atomic E-state index is -1.18. The fourth-order valence-electron chi connectivity index (χ4n) is 1.80.